The van der Waals surface area contributed by atoms with Crippen LogP contribution >= 0.6 is 0 Å². The van der Waals surface area contributed by atoms with Crippen molar-refractivity contribution in [1.29, 1.82) is 0 Å². The van der Waals surface area contributed by atoms with Crippen molar-refractivity contribution in [3.05, 3.63) is 97.1 Å². The van der Waals surface area contributed by atoms with Gasteiger partial charge in [0.15, 0.2) is 11.5 Å². The number of alkyl halides is 18. The van der Waals surface area contributed by atoms with Gasteiger partial charge in [-0.05, 0) is 44.5 Å². The Morgan fingerprint density at radius 2 is 0.613 bits per heavy atom. The fourth-order valence-corrected chi connectivity index (χ4v) is 8.01. The van der Waals surface area contributed by atoms with E-state index in [4.69, 9.17) is 0 Å². The third-order valence-electron chi connectivity index (χ3n) is 9.25. The van der Waals surface area contributed by atoms with Gasteiger partial charge in [0.05, 0.1) is 0 Å². The smallest absolute Gasteiger partial charge is 0.377 e. The molecule has 0 aliphatic heterocycles. The molecule has 0 amide bonds. The van der Waals surface area contributed by atoms with E-state index in [1.54, 1.807) is 0 Å². The maximum Gasteiger partial charge on any atom is 0.460 e. The maximum atomic E-state index is 15.1. The third-order valence-corrected chi connectivity index (χ3v) is 11.8. The second-order valence-electron chi connectivity index (χ2n) is 13.0. The highest BCUT2D eigenvalue weighted by atomic mass is 32.2. The number of fused-ring (bicyclic) bond motifs is 6. The third kappa shape index (κ3) is 6.56. The van der Waals surface area contributed by atoms with Gasteiger partial charge in [0.25, 0.3) is 0 Å². The molecule has 0 heterocycles. The first-order chi connectivity index (χ1) is 28.1. The molecule has 0 saturated heterocycles. The van der Waals surface area contributed by atoms with Gasteiger partial charge in [0.1, 0.15) is 0 Å². The molecule has 0 aliphatic rings. The zero-order valence-electron chi connectivity index (χ0n) is 29.3. The Hall–Kier alpha value is -5.40. The summed E-state index contributed by atoms with van der Waals surface area (Å²) in [4.78, 5) is 0. The first-order valence-corrected chi connectivity index (χ1v) is 19.1. The van der Waals surface area contributed by atoms with Crippen molar-refractivity contribution >= 4 is 63.3 Å². The molecule has 0 spiro atoms. The van der Waals surface area contributed by atoms with Crippen molar-refractivity contribution < 1.29 is 104 Å². The van der Waals surface area contributed by atoms with Crippen LogP contribution in [0.1, 0.15) is 0 Å². The molecule has 334 valence electrons. The lowest BCUT2D eigenvalue weighted by Gasteiger charge is -2.33. The lowest BCUT2D eigenvalue weighted by molar-refractivity contribution is -0.382. The van der Waals surface area contributed by atoms with E-state index in [0.29, 0.717) is 12.1 Å². The highest BCUT2D eigenvalue weighted by Gasteiger charge is 2.87. The van der Waals surface area contributed by atoms with Gasteiger partial charge >= 0.3 is 66.8 Å². The van der Waals surface area contributed by atoms with Crippen molar-refractivity contribution in [1.82, 2.24) is 0 Å². The van der Waals surface area contributed by atoms with Gasteiger partial charge in [-0.25, -0.2) is 0 Å². The average molecular weight is 951 g/mol. The molecule has 26 heteroatoms. The molecule has 6 nitrogen and oxygen atoms in total. The van der Waals surface area contributed by atoms with Gasteiger partial charge in [0, 0.05) is 21.9 Å². The van der Waals surface area contributed by atoms with Crippen LogP contribution in [0, 0.1) is 0 Å². The summed E-state index contributed by atoms with van der Waals surface area (Å²) in [7, 11) is -15.8. The van der Waals surface area contributed by atoms with E-state index >= 15 is 17.6 Å². The van der Waals surface area contributed by atoms with Crippen molar-refractivity contribution in [3.8, 4) is 22.6 Å². The fraction of sp³-hybridized carbons (Fsp3) is 0.222. The van der Waals surface area contributed by atoms with Gasteiger partial charge in [-0.2, -0.15) is 95.9 Å². The Labute approximate surface area is 333 Å². The molecule has 0 saturated carbocycles. The fourth-order valence-electron chi connectivity index (χ4n) is 6.17. The van der Waals surface area contributed by atoms with Gasteiger partial charge < -0.3 is 8.37 Å². The number of halogens is 18. The molecular formula is C36H16F18O6S2. The zero-order valence-corrected chi connectivity index (χ0v) is 30.9. The van der Waals surface area contributed by atoms with E-state index in [9.17, 15) is 78.3 Å². The van der Waals surface area contributed by atoms with Crippen LogP contribution in [0.15, 0.2) is 97.1 Å². The molecule has 6 aromatic rings. The van der Waals surface area contributed by atoms with Gasteiger partial charge in [0.2, 0.25) is 0 Å². The molecule has 0 N–H and O–H groups in total. The second-order valence-corrected chi connectivity index (χ2v) is 16.2. The van der Waals surface area contributed by atoms with Crippen molar-refractivity contribution in [2.45, 2.75) is 46.6 Å². The predicted octanol–water partition coefficient (Wildman–Crippen LogP) is 12.2. The van der Waals surface area contributed by atoms with E-state index < -0.39 is 100 Å². The van der Waals surface area contributed by atoms with E-state index in [0.717, 1.165) is 24.3 Å². The lowest BCUT2D eigenvalue weighted by atomic mass is 9.88. The SMILES string of the molecule is O=S(=O)(Oc1ccc2ccc3ccccc3c2c1-c1c(OS(=O)(=O)C(F)(F)C(F)(F)C(F)(F)C(F)(F)F)ccc2ccc3ccccc3c12)C(F)(F)C(F)(F)C(F)(F)C(F)(F)F. The molecule has 0 aromatic heterocycles. The number of hydrogen-bond donors (Lipinski definition) is 0. The molecule has 62 heavy (non-hydrogen) atoms. The summed E-state index contributed by atoms with van der Waals surface area (Å²) in [5, 5.41) is -17.4. The Morgan fingerprint density at radius 1 is 0.339 bits per heavy atom. The van der Waals surface area contributed by atoms with Crippen LogP contribution in [0.2, 0.25) is 0 Å². The van der Waals surface area contributed by atoms with Crippen LogP contribution in [0.25, 0.3) is 54.2 Å². The number of benzene rings is 6. The topological polar surface area (TPSA) is 86.7 Å². The largest absolute Gasteiger partial charge is 0.460 e. The zero-order chi connectivity index (χ0) is 46.7. The molecule has 0 unspecified atom stereocenters. The van der Waals surface area contributed by atoms with E-state index in [-0.39, 0.29) is 44.5 Å². The van der Waals surface area contributed by atoms with Crippen LogP contribution in [-0.2, 0) is 20.2 Å². The first kappa shape index (κ1) is 46.1. The Morgan fingerprint density at radius 3 is 0.919 bits per heavy atom. The second kappa shape index (κ2) is 14.1. The van der Waals surface area contributed by atoms with Gasteiger partial charge in [-0.1, -0.05) is 84.9 Å². The molecular weight excluding hydrogens is 934 g/mol. The number of rotatable bonds is 11. The highest BCUT2D eigenvalue weighted by Crippen LogP contribution is 2.58. The maximum absolute atomic E-state index is 15.1. The van der Waals surface area contributed by atoms with Crippen LogP contribution in [0.5, 0.6) is 11.5 Å². The van der Waals surface area contributed by atoms with Crippen molar-refractivity contribution in [2.75, 3.05) is 0 Å². The van der Waals surface area contributed by atoms with Crippen LogP contribution in [0.3, 0.4) is 0 Å². The van der Waals surface area contributed by atoms with E-state index in [2.05, 4.69) is 8.37 Å². The predicted molar refractivity (Wildman–Crippen MR) is 183 cm³/mol. The van der Waals surface area contributed by atoms with Crippen LogP contribution in [-0.4, -0.2) is 63.4 Å². The summed E-state index contributed by atoms with van der Waals surface area (Å²) >= 11 is 0. The van der Waals surface area contributed by atoms with Crippen LogP contribution in [0.4, 0.5) is 79.0 Å². The summed E-state index contributed by atoms with van der Waals surface area (Å²) in [5.41, 5.74) is -2.63. The lowest BCUT2D eigenvalue weighted by Crippen LogP contribution is -2.63. The van der Waals surface area contributed by atoms with Crippen LogP contribution < -0.4 is 8.37 Å². The summed E-state index contributed by atoms with van der Waals surface area (Å²) in [5.74, 6) is -35.1. The Kier molecular flexibility index (Phi) is 10.5. The molecule has 0 atom stereocenters. The van der Waals surface area contributed by atoms with E-state index in [1.165, 1.54) is 48.5 Å². The average Bonchev–Trinajstić information content (AvgIpc) is 3.16. The molecule has 6 rings (SSSR count). The normalized spacial score (nSPS) is 14.5. The molecule has 0 radical (unpaired) electrons. The quantitative estimate of drug-likeness (QED) is 0.0730. The highest BCUT2D eigenvalue weighted by molar-refractivity contribution is 7.88. The molecule has 0 aliphatic carbocycles. The first-order valence-electron chi connectivity index (χ1n) is 16.3. The van der Waals surface area contributed by atoms with Gasteiger partial charge in [-0.3, -0.25) is 0 Å². The molecule has 6 aromatic carbocycles. The minimum absolute atomic E-state index is 0.0312. The summed E-state index contributed by atoms with van der Waals surface area (Å²) < 4.78 is 312. The molecule has 0 fully saturated rings. The monoisotopic (exact) mass is 950 g/mol. The minimum Gasteiger partial charge on any atom is -0.377 e. The standard InChI is InChI=1S/C36H16F18O6S2/c37-29(38,33(45,46)47)31(41,42)35(51,52)61(55,56)59-23-15-13-19-11-9-17-5-1-3-7-21(17)25(19)27(23)28-24(16-14-20-12-10-18-6-2-4-8-22(18)26(20)28)60-62(57,58)36(53,54)32(43,44)30(39,40)34(48,49)50/h1-16H. The Balaban J connectivity index is 1.77. The van der Waals surface area contributed by atoms with Crippen molar-refractivity contribution in [2.24, 2.45) is 0 Å². The minimum atomic E-state index is -7.91. The summed E-state index contributed by atoms with van der Waals surface area (Å²) in [6, 6.07) is 16.5. The summed E-state index contributed by atoms with van der Waals surface area (Å²) in [6.07, 6.45) is -15.1. The Bertz CT molecular complexity index is 2800. The number of hydrogen-bond acceptors (Lipinski definition) is 6. The van der Waals surface area contributed by atoms with Gasteiger partial charge in [-0.15, -0.1) is 0 Å². The van der Waals surface area contributed by atoms with E-state index in [1.807, 2.05) is 0 Å². The van der Waals surface area contributed by atoms with Crippen molar-refractivity contribution in [3.63, 3.8) is 0 Å². The molecule has 0 bridgehead atoms. The summed E-state index contributed by atoms with van der Waals surface area (Å²) in [6.45, 7) is 0.